The van der Waals surface area contributed by atoms with Gasteiger partial charge in [0.05, 0.1) is 5.69 Å². The number of carbonyl (C=O) groups excluding carboxylic acids is 1. The van der Waals surface area contributed by atoms with Crippen molar-refractivity contribution in [2.45, 2.75) is 32.2 Å². The first kappa shape index (κ1) is 27.3. The minimum Gasteiger partial charge on any atom is -0.336 e. The van der Waals surface area contributed by atoms with Gasteiger partial charge in [-0.3, -0.25) is 19.4 Å². The standard InChI is InChI=1S/C30H34N4O3S/c1-5-7-24-8-6-9-28(29(24)31-4)38(36,37)32-27-14-12-25(13-15-27)30(35)34-18-16-33(17-19-34)21-26-20-22(2)10-11-23(26)3/h5-15,20,32H,4,16-19,21H2,1-3H3/b7-5-. The van der Waals surface area contributed by atoms with E-state index in [0.29, 0.717) is 35.6 Å². The second kappa shape index (κ2) is 11.8. The van der Waals surface area contributed by atoms with Crippen LogP contribution in [0, 0.1) is 13.8 Å². The third-order valence-corrected chi connectivity index (χ3v) is 8.18. The van der Waals surface area contributed by atoms with E-state index >= 15 is 0 Å². The molecule has 1 heterocycles. The molecule has 0 bridgehead atoms. The molecule has 1 aliphatic rings. The van der Waals surface area contributed by atoms with E-state index in [1.165, 1.54) is 22.8 Å². The molecule has 8 heteroatoms. The second-order valence-electron chi connectivity index (χ2n) is 9.53. The van der Waals surface area contributed by atoms with Crippen molar-refractivity contribution in [3.8, 4) is 0 Å². The minimum atomic E-state index is -3.91. The molecule has 1 amide bonds. The van der Waals surface area contributed by atoms with Gasteiger partial charge in [0, 0.05) is 49.5 Å². The van der Waals surface area contributed by atoms with Gasteiger partial charge < -0.3 is 4.90 Å². The fourth-order valence-corrected chi connectivity index (χ4v) is 5.88. The molecule has 0 saturated carbocycles. The largest absolute Gasteiger partial charge is 0.336 e. The molecule has 0 aliphatic carbocycles. The van der Waals surface area contributed by atoms with Gasteiger partial charge in [0.2, 0.25) is 0 Å². The number of para-hydroxylation sites is 1. The lowest BCUT2D eigenvalue weighted by atomic mass is 10.0. The average molecular weight is 531 g/mol. The van der Waals surface area contributed by atoms with Gasteiger partial charge in [0.15, 0.2) is 0 Å². The Hall–Kier alpha value is -3.75. The van der Waals surface area contributed by atoms with Gasteiger partial charge in [0.25, 0.3) is 15.9 Å². The summed E-state index contributed by atoms with van der Waals surface area (Å²) in [6, 6.07) is 18.0. The number of allylic oxidation sites excluding steroid dienone is 1. The van der Waals surface area contributed by atoms with Crippen LogP contribution in [0.1, 0.15) is 39.5 Å². The highest BCUT2D eigenvalue weighted by Gasteiger charge is 2.23. The molecule has 0 unspecified atom stereocenters. The topological polar surface area (TPSA) is 82.1 Å². The van der Waals surface area contributed by atoms with Crippen LogP contribution in [-0.4, -0.2) is 57.0 Å². The van der Waals surface area contributed by atoms with Crippen LogP contribution in [0.15, 0.2) is 76.6 Å². The van der Waals surface area contributed by atoms with Crippen LogP contribution in [0.25, 0.3) is 6.08 Å². The quantitative estimate of drug-likeness (QED) is 0.394. The molecule has 4 rings (SSSR count). The predicted molar refractivity (Wildman–Crippen MR) is 155 cm³/mol. The van der Waals surface area contributed by atoms with E-state index in [-0.39, 0.29) is 10.8 Å². The predicted octanol–water partition coefficient (Wildman–Crippen LogP) is 5.43. The number of amides is 1. The number of aliphatic imine (C=N–C) groups is 1. The first-order valence-electron chi connectivity index (χ1n) is 12.6. The molecule has 3 aromatic carbocycles. The summed E-state index contributed by atoms with van der Waals surface area (Å²) in [5, 5.41) is 0. The molecule has 7 nitrogen and oxygen atoms in total. The van der Waals surface area contributed by atoms with E-state index in [1.807, 2.05) is 17.9 Å². The van der Waals surface area contributed by atoms with Crippen molar-refractivity contribution < 1.29 is 13.2 Å². The van der Waals surface area contributed by atoms with Crippen LogP contribution < -0.4 is 4.72 Å². The van der Waals surface area contributed by atoms with Crippen molar-refractivity contribution in [1.82, 2.24) is 9.80 Å². The molecular weight excluding hydrogens is 496 g/mol. The third-order valence-electron chi connectivity index (χ3n) is 6.77. The number of benzene rings is 3. The van der Waals surface area contributed by atoms with E-state index in [2.05, 4.69) is 53.4 Å². The van der Waals surface area contributed by atoms with Crippen LogP contribution >= 0.6 is 0 Å². The number of hydrogen-bond donors (Lipinski definition) is 1. The third kappa shape index (κ3) is 6.20. The fourth-order valence-electron chi connectivity index (χ4n) is 4.63. The minimum absolute atomic E-state index is 0.0435. The average Bonchev–Trinajstić information content (AvgIpc) is 2.91. The van der Waals surface area contributed by atoms with Crippen LogP contribution in [-0.2, 0) is 16.6 Å². The molecule has 1 fully saturated rings. The van der Waals surface area contributed by atoms with Gasteiger partial charge in [-0.05, 0) is 68.9 Å². The Kier molecular flexibility index (Phi) is 8.44. The van der Waals surface area contributed by atoms with Gasteiger partial charge in [-0.25, -0.2) is 8.42 Å². The molecule has 1 saturated heterocycles. The molecule has 3 aromatic rings. The number of nitrogens with zero attached hydrogens (tertiary/aromatic N) is 3. The SMILES string of the molecule is C=Nc1c(/C=C\C)cccc1S(=O)(=O)Nc1ccc(C(=O)N2CCN(Cc3cc(C)ccc3C)CC2)cc1. The number of rotatable bonds is 8. The van der Waals surface area contributed by atoms with Crippen LogP contribution in [0.2, 0.25) is 0 Å². The maximum Gasteiger partial charge on any atom is 0.264 e. The zero-order valence-corrected chi connectivity index (χ0v) is 23.0. The molecule has 0 atom stereocenters. The van der Waals surface area contributed by atoms with E-state index < -0.39 is 10.0 Å². The van der Waals surface area contributed by atoms with Crippen LogP contribution in [0.5, 0.6) is 0 Å². The van der Waals surface area contributed by atoms with Crippen LogP contribution in [0.4, 0.5) is 11.4 Å². The molecule has 1 N–H and O–H groups in total. The van der Waals surface area contributed by atoms with Crippen molar-refractivity contribution in [2.24, 2.45) is 4.99 Å². The Bertz CT molecular complexity index is 1460. The highest BCUT2D eigenvalue weighted by Crippen LogP contribution is 2.30. The fraction of sp³-hybridized carbons (Fsp3) is 0.267. The second-order valence-corrected chi connectivity index (χ2v) is 11.2. The Morgan fingerprint density at radius 2 is 1.74 bits per heavy atom. The van der Waals surface area contributed by atoms with Crippen molar-refractivity contribution in [1.29, 1.82) is 0 Å². The molecule has 0 aromatic heterocycles. The van der Waals surface area contributed by atoms with Crippen molar-refractivity contribution >= 4 is 40.1 Å². The first-order chi connectivity index (χ1) is 18.2. The van der Waals surface area contributed by atoms with Gasteiger partial charge in [-0.15, -0.1) is 0 Å². The van der Waals surface area contributed by atoms with Crippen molar-refractivity contribution in [3.05, 3.63) is 94.6 Å². The summed E-state index contributed by atoms with van der Waals surface area (Å²) in [6.07, 6.45) is 3.60. The number of anilines is 1. The zero-order chi connectivity index (χ0) is 27.3. The van der Waals surface area contributed by atoms with Crippen molar-refractivity contribution in [2.75, 3.05) is 30.9 Å². The maximum atomic E-state index is 13.1. The van der Waals surface area contributed by atoms with Gasteiger partial charge in [0.1, 0.15) is 4.90 Å². The van der Waals surface area contributed by atoms with E-state index in [0.717, 1.165) is 19.6 Å². The van der Waals surface area contributed by atoms with Crippen molar-refractivity contribution in [3.63, 3.8) is 0 Å². The summed E-state index contributed by atoms with van der Waals surface area (Å²) < 4.78 is 28.8. The Morgan fingerprint density at radius 1 is 1.03 bits per heavy atom. The zero-order valence-electron chi connectivity index (χ0n) is 22.1. The molecule has 0 radical (unpaired) electrons. The Morgan fingerprint density at radius 3 is 2.39 bits per heavy atom. The molecule has 38 heavy (non-hydrogen) atoms. The lowest BCUT2D eigenvalue weighted by molar-refractivity contribution is 0.0628. The smallest absolute Gasteiger partial charge is 0.264 e. The number of hydrogen-bond acceptors (Lipinski definition) is 5. The monoisotopic (exact) mass is 530 g/mol. The Labute approximate surface area is 225 Å². The lowest BCUT2D eigenvalue weighted by Crippen LogP contribution is -2.48. The highest BCUT2D eigenvalue weighted by atomic mass is 32.2. The van der Waals surface area contributed by atoms with Crippen LogP contribution in [0.3, 0.4) is 0 Å². The van der Waals surface area contributed by atoms with Gasteiger partial charge >= 0.3 is 0 Å². The van der Waals surface area contributed by atoms with E-state index in [4.69, 9.17) is 0 Å². The number of carbonyl (C=O) groups is 1. The molecule has 198 valence electrons. The number of aryl methyl sites for hydroxylation is 2. The lowest BCUT2D eigenvalue weighted by Gasteiger charge is -2.35. The van der Waals surface area contributed by atoms with E-state index in [1.54, 1.807) is 42.5 Å². The summed E-state index contributed by atoms with van der Waals surface area (Å²) in [7, 11) is -3.91. The number of sulfonamides is 1. The van der Waals surface area contributed by atoms with Gasteiger partial charge in [-0.2, -0.15) is 0 Å². The molecular formula is C30H34N4O3S. The normalized spacial score (nSPS) is 14.6. The van der Waals surface area contributed by atoms with Gasteiger partial charge in [-0.1, -0.05) is 48.0 Å². The highest BCUT2D eigenvalue weighted by molar-refractivity contribution is 7.92. The summed E-state index contributed by atoms with van der Waals surface area (Å²) in [5.74, 6) is -0.0528. The van der Waals surface area contributed by atoms with E-state index in [9.17, 15) is 13.2 Å². The Balaban J connectivity index is 1.39. The summed E-state index contributed by atoms with van der Waals surface area (Å²) >= 11 is 0. The summed E-state index contributed by atoms with van der Waals surface area (Å²) in [5.41, 5.74) is 5.72. The summed E-state index contributed by atoms with van der Waals surface area (Å²) in [6.45, 7) is 13.4. The molecule has 0 spiro atoms. The summed E-state index contributed by atoms with van der Waals surface area (Å²) in [4.78, 5) is 21.3. The number of nitrogens with one attached hydrogen (secondary N) is 1. The first-order valence-corrected chi connectivity index (χ1v) is 14.1. The molecule has 1 aliphatic heterocycles. The maximum absolute atomic E-state index is 13.1. The number of piperazine rings is 1.